The third kappa shape index (κ3) is 1.99. The van der Waals surface area contributed by atoms with Crippen molar-refractivity contribution in [2.45, 2.75) is 32.8 Å². The van der Waals surface area contributed by atoms with Crippen molar-refractivity contribution in [1.29, 1.82) is 0 Å². The van der Waals surface area contributed by atoms with Crippen LogP contribution < -0.4 is 9.13 Å². The maximum Gasteiger partial charge on any atom is 0.797 e. The topological polar surface area (TPSA) is 22.3 Å². The molecule has 0 aliphatic carbocycles. The van der Waals surface area contributed by atoms with Gasteiger partial charge in [-0.1, -0.05) is 39.0 Å². The number of benzene rings is 2. The zero-order valence-electron chi connectivity index (χ0n) is 14.5. The summed E-state index contributed by atoms with van der Waals surface area (Å²) in [6.45, 7) is 3.64. The van der Waals surface area contributed by atoms with E-state index in [1.165, 1.54) is 5.56 Å². The molecule has 0 fully saturated rings. The van der Waals surface area contributed by atoms with Crippen molar-refractivity contribution < 1.29 is 18.1 Å². The van der Waals surface area contributed by atoms with Gasteiger partial charge in [0, 0.05) is 23.6 Å². The van der Waals surface area contributed by atoms with Crippen LogP contribution in [0.15, 0.2) is 48.5 Å². The average molecular weight is 335 g/mol. The monoisotopic (exact) mass is 335 g/mol. The van der Waals surface area contributed by atoms with Gasteiger partial charge in [-0.25, -0.2) is 0 Å². The number of hydrogen-bond acceptors (Lipinski definition) is 2. The van der Waals surface area contributed by atoms with Crippen molar-refractivity contribution in [2.24, 2.45) is 0 Å². The van der Waals surface area contributed by atoms with E-state index >= 15 is 4.32 Å². The minimum absolute atomic E-state index is 0.00479. The van der Waals surface area contributed by atoms with Gasteiger partial charge in [0.2, 0.25) is 0 Å². The molecule has 0 spiro atoms. The molecule has 3 nitrogen and oxygen atoms in total. The van der Waals surface area contributed by atoms with Crippen molar-refractivity contribution in [3.63, 3.8) is 0 Å². The number of aromatic nitrogens is 1. The van der Waals surface area contributed by atoms with Gasteiger partial charge in [-0.2, -0.15) is 0 Å². The number of fused-ring (bicyclic) bond motifs is 2. The summed E-state index contributed by atoms with van der Waals surface area (Å²) in [4.78, 5) is 0. The minimum atomic E-state index is -3.08. The van der Waals surface area contributed by atoms with E-state index in [4.69, 9.17) is 9.31 Å². The summed E-state index contributed by atoms with van der Waals surface area (Å²) in [6.07, 6.45) is 0. The van der Waals surface area contributed by atoms with E-state index in [1.54, 1.807) is 4.48 Å². The van der Waals surface area contributed by atoms with Crippen LogP contribution in [0.3, 0.4) is 0 Å². The number of rotatable bonds is 0. The highest BCUT2D eigenvalue weighted by Gasteiger charge is 2.54. The van der Waals surface area contributed by atoms with Crippen molar-refractivity contribution >= 4 is 17.9 Å². The summed E-state index contributed by atoms with van der Waals surface area (Å²) >= 11 is 0. The van der Waals surface area contributed by atoms with E-state index in [1.807, 2.05) is 42.5 Å². The fourth-order valence-corrected chi connectivity index (χ4v) is 3.88. The van der Waals surface area contributed by atoms with Gasteiger partial charge in [-0.05, 0) is 35.2 Å². The molecular formula is C20H19BFNO2. The first kappa shape index (κ1) is 14.9. The zero-order chi connectivity index (χ0) is 17.4. The fraction of sp³-hybridized carbons (Fsp3) is 0.250. The Kier molecular flexibility index (Phi) is 2.75. The quantitative estimate of drug-likeness (QED) is 0.573. The van der Waals surface area contributed by atoms with Crippen LogP contribution in [-0.2, 0) is 16.7 Å². The summed E-state index contributed by atoms with van der Waals surface area (Å²) in [5.74, 6) is 0.536. The van der Waals surface area contributed by atoms with E-state index in [9.17, 15) is 0 Å². The molecule has 3 aromatic rings. The third-order valence-electron chi connectivity index (χ3n) is 5.22. The van der Waals surface area contributed by atoms with Crippen molar-refractivity contribution in [3.8, 4) is 17.0 Å². The second-order valence-electron chi connectivity index (χ2n) is 7.92. The molecule has 1 atom stereocenters. The Hall–Kier alpha value is -2.40. The first-order valence-electron chi connectivity index (χ1n) is 8.63. The maximum atomic E-state index is 15.7. The van der Waals surface area contributed by atoms with E-state index in [-0.39, 0.29) is 12.0 Å². The van der Waals surface area contributed by atoms with Gasteiger partial charge in [0.25, 0.3) is 0 Å². The highest BCUT2D eigenvalue weighted by Crippen LogP contribution is 2.40. The number of nitrogens with zero attached hydrogens (tertiary/aromatic N) is 1. The summed E-state index contributed by atoms with van der Waals surface area (Å²) in [6, 6.07) is 15.9. The molecule has 0 bridgehead atoms. The molecule has 5 heteroatoms. The average Bonchev–Trinajstić information content (AvgIpc) is 2.58. The lowest BCUT2D eigenvalue weighted by Crippen LogP contribution is -2.72. The molecule has 0 N–H and O–H groups in total. The van der Waals surface area contributed by atoms with Crippen LogP contribution in [-0.4, -0.2) is 6.96 Å². The van der Waals surface area contributed by atoms with Gasteiger partial charge in [0.05, 0.1) is 11.3 Å². The van der Waals surface area contributed by atoms with Crippen molar-refractivity contribution in [3.05, 3.63) is 59.7 Å². The predicted molar refractivity (Wildman–Crippen MR) is 96.0 cm³/mol. The van der Waals surface area contributed by atoms with Crippen LogP contribution >= 0.6 is 0 Å². The summed E-state index contributed by atoms with van der Waals surface area (Å²) in [7, 11) is 0. The third-order valence-corrected chi connectivity index (χ3v) is 5.22. The lowest BCUT2D eigenvalue weighted by molar-refractivity contribution is -0.554. The second kappa shape index (κ2) is 4.61. The standard InChI is InChI=1S/C20H19BFNO2/c1-20(2,3)15-8-10-18-16(11-15)17-9-7-13-5-4-6-14-12-24-21(22,25-18)23(17)19(13)14/h4-11H,12H2,1-3H3. The van der Waals surface area contributed by atoms with E-state index in [2.05, 4.69) is 26.8 Å². The van der Waals surface area contributed by atoms with Crippen LogP contribution in [0.4, 0.5) is 4.32 Å². The largest absolute Gasteiger partial charge is 0.797 e. The molecule has 1 aromatic heterocycles. The molecule has 2 aromatic carbocycles. The minimum Gasteiger partial charge on any atom is -0.602 e. The first-order valence-corrected chi connectivity index (χ1v) is 8.63. The molecule has 25 heavy (non-hydrogen) atoms. The second-order valence-corrected chi connectivity index (χ2v) is 7.92. The van der Waals surface area contributed by atoms with Gasteiger partial charge in [0.15, 0.2) is 11.2 Å². The van der Waals surface area contributed by atoms with Gasteiger partial charge in [0.1, 0.15) is 0 Å². The highest BCUT2D eigenvalue weighted by atomic mass is 19.1. The molecule has 3 heterocycles. The number of pyridine rings is 1. The molecular weight excluding hydrogens is 316 g/mol. The molecule has 126 valence electrons. The van der Waals surface area contributed by atoms with Crippen LogP contribution in [0.1, 0.15) is 31.9 Å². The van der Waals surface area contributed by atoms with Crippen LogP contribution in [0.5, 0.6) is 5.75 Å². The zero-order valence-corrected chi connectivity index (χ0v) is 14.5. The van der Waals surface area contributed by atoms with Gasteiger partial charge >= 0.3 is 6.96 Å². The number of hydrogen-bond donors (Lipinski definition) is 0. The summed E-state index contributed by atoms with van der Waals surface area (Å²) < 4.78 is 28.6. The summed E-state index contributed by atoms with van der Waals surface area (Å²) in [5, 5.41) is 0.993. The van der Waals surface area contributed by atoms with Crippen LogP contribution in [0, 0.1) is 0 Å². The summed E-state index contributed by atoms with van der Waals surface area (Å²) in [5.41, 5.74) is 4.74. The van der Waals surface area contributed by atoms with Gasteiger partial charge in [-0.3, -0.25) is 0 Å². The molecule has 0 saturated heterocycles. The Morgan fingerprint density at radius 2 is 1.92 bits per heavy atom. The van der Waals surface area contributed by atoms with Crippen LogP contribution in [0.2, 0.25) is 0 Å². The lowest BCUT2D eigenvalue weighted by atomic mass is 9.83. The molecule has 2 aliphatic heterocycles. The SMILES string of the molecule is CC(C)(C)c1ccc2c(c1)-c1ccc3cccc4c3[n+]1[B-](F)(OC4)O2. The van der Waals surface area contributed by atoms with E-state index in [0.717, 1.165) is 27.7 Å². The van der Waals surface area contributed by atoms with Crippen LogP contribution in [0.25, 0.3) is 22.2 Å². The van der Waals surface area contributed by atoms with Crippen molar-refractivity contribution in [1.82, 2.24) is 0 Å². The van der Waals surface area contributed by atoms with Gasteiger partial charge in [-0.15, -0.1) is 0 Å². The van der Waals surface area contributed by atoms with Crippen molar-refractivity contribution in [2.75, 3.05) is 0 Å². The number of para-hydroxylation sites is 1. The molecule has 0 radical (unpaired) electrons. The molecule has 1 unspecified atom stereocenters. The molecule has 0 amide bonds. The predicted octanol–water partition coefficient (Wildman–Crippen LogP) is 4.27. The Labute approximate surface area is 146 Å². The van der Waals surface area contributed by atoms with E-state index < -0.39 is 6.96 Å². The van der Waals surface area contributed by atoms with Gasteiger partial charge < -0.3 is 18.1 Å². The molecule has 5 rings (SSSR count). The maximum absolute atomic E-state index is 15.7. The highest BCUT2D eigenvalue weighted by molar-refractivity contribution is 6.52. The molecule has 2 aliphatic rings. The Balaban J connectivity index is 1.88. The first-order chi connectivity index (χ1) is 11.9. The lowest BCUT2D eigenvalue weighted by Gasteiger charge is -2.38. The fourth-order valence-electron chi connectivity index (χ4n) is 3.88. The number of halogens is 1. The Bertz CT molecular complexity index is 1040. The Morgan fingerprint density at radius 1 is 1.08 bits per heavy atom. The smallest absolute Gasteiger partial charge is 0.602 e. The normalized spacial score (nSPS) is 21.0. The van der Waals surface area contributed by atoms with E-state index in [0.29, 0.717) is 5.75 Å². The Morgan fingerprint density at radius 3 is 2.72 bits per heavy atom. The molecule has 0 saturated carbocycles.